The first-order valence-corrected chi connectivity index (χ1v) is 5.52. The molecule has 0 bridgehead atoms. The van der Waals surface area contributed by atoms with Gasteiger partial charge in [0.05, 0.1) is 20.8 Å². The molecule has 0 atom stereocenters. The Hall–Kier alpha value is -2.17. The normalized spacial score (nSPS) is 9.67. The van der Waals surface area contributed by atoms with Crippen molar-refractivity contribution in [2.75, 3.05) is 14.2 Å². The number of aliphatic imine (C=N–C) groups is 1. The lowest BCUT2D eigenvalue weighted by atomic mass is 10.1. The first-order chi connectivity index (χ1) is 8.62. The van der Waals surface area contributed by atoms with E-state index >= 15 is 0 Å². The predicted molar refractivity (Wildman–Crippen MR) is 73.0 cm³/mol. The number of rotatable bonds is 6. The Morgan fingerprint density at radius 2 is 2.06 bits per heavy atom. The second kappa shape index (κ2) is 6.54. The molecule has 0 heterocycles. The molecule has 0 fully saturated rings. The molecule has 0 aliphatic carbocycles. The summed E-state index contributed by atoms with van der Waals surface area (Å²) >= 11 is 0. The molecule has 0 aliphatic rings. The topological polar surface area (TPSA) is 82.9 Å². The fourth-order valence-corrected chi connectivity index (χ4v) is 1.69. The summed E-state index contributed by atoms with van der Waals surface area (Å²) in [5.74, 6) is 1.44. The van der Waals surface area contributed by atoms with Crippen molar-refractivity contribution in [3.8, 4) is 11.5 Å². The van der Waals surface area contributed by atoms with E-state index in [9.17, 15) is 0 Å². The van der Waals surface area contributed by atoms with Crippen LogP contribution in [0.1, 0.15) is 11.1 Å². The van der Waals surface area contributed by atoms with E-state index in [1.165, 1.54) is 0 Å². The van der Waals surface area contributed by atoms with E-state index < -0.39 is 0 Å². The Bertz CT molecular complexity index is 452. The molecular formula is C13H19N3O2. The van der Waals surface area contributed by atoms with E-state index in [-0.39, 0.29) is 5.96 Å². The summed E-state index contributed by atoms with van der Waals surface area (Å²) in [5, 5.41) is 0. The zero-order chi connectivity index (χ0) is 13.5. The molecule has 0 saturated carbocycles. The third-order valence-electron chi connectivity index (χ3n) is 2.42. The summed E-state index contributed by atoms with van der Waals surface area (Å²) in [6.45, 7) is 4.14. The Morgan fingerprint density at radius 1 is 1.33 bits per heavy atom. The van der Waals surface area contributed by atoms with Crippen LogP contribution in [0.25, 0.3) is 0 Å². The minimum absolute atomic E-state index is 0.0649. The fraction of sp³-hybridized carbons (Fsp3) is 0.308. The van der Waals surface area contributed by atoms with Gasteiger partial charge < -0.3 is 20.9 Å². The average Bonchev–Trinajstić information content (AvgIpc) is 2.36. The summed E-state index contributed by atoms with van der Waals surface area (Å²) in [6, 6.07) is 3.84. The van der Waals surface area contributed by atoms with Crippen LogP contribution in [0.2, 0.25) is 0 Å². The maximum atomic E-state index is 5.34. The predicted octanol–water partition coefficient (Wildman–Crippen LogP) is 1.21. The van der Waals surface area contributed by atoms with E-state index in [0.717, 1.165) is 11.1 Å². The number of allylic oxidation sites excluding steroid dienone is 1. The van der Waals surface area contributed by atoms with E-state index in [1.54, 1.807) is 14.2 Å². The summed E-state index contributed by atoms with van der Waals surface area (Å²) in [7, 11) is 3.21. The zero-order valence-electron chi connectivity index (χ0n) is 10.8. The van der Waals surface area contributed by atoms with Gasteiger partial charge in [0, 0.05) is 5.56 Å². The lowest BCUT2D eigenvalue weighted by Gasteiger charge is -2.13. The van der Waals surface area contributed by atoms with Crippen LogP contribution in [-0.4, -0.2) is 20.2 Å². The van der Waals surface area contributed by atoms with E-state index in [2.05, 4.69) is 11.6 Å². The Morgan fingerprint density at radius 3 is 2.56 bits per heavy atom. The minimum Gasteiger partial charge on any atom is -0.493 e. The van der Waals surface area contributed by atoms with Crippen molar-refractivity contribution < 1.29 is 9.47 Å². The van der Waals surface area contributed by atoms with Gasteiger partial charge in [0.15, 0.2) is 17.5 Å². The number of nitrogens with zero attached hydrogens (tertiary/aromatic N) is 1. The molecule has 0 aliphatic heterocycles. The van der Waals surface area contributed by atoms with Crippen LogP contribution in [0.4, 0.5) is 0 Å². The highest BCUT2D eigenvalue weighted by molar-refractivity contribution is 5.75. The second-order valence-electron chi connectivity index (χ2n) is 3.72. The minimum atomic E-state index is 0.0649. The monoisotopic (exact) mass is 249 g/mol. The number of ether oxygens (including phenoxy) is 2. The van der Waals surface area contributed by atoms with Crippen LogP contribution in [-0.2, 0) is 13.0 Å². The smallest absolute Gasteiger partial charge is 0.186 e. The van der Waals surface area contributed by atoms with Gasteiger partial charge in [-0.3, -0.25) is 0 Å². The number of guanidine groups is 1. The Labute approximate surface area is 107 Å². The van der Waals surface area contributed by atoms with E-state index in [4.69, 9.17) is 20.9 Å². The molecule has 0 unspecified atom stereocenters. The quantitative estimate of drug-likeness (QED) is 0.451. The third-order valence-corrected chi connectivity index (χ3v) is 2.42. The number of hydrogen-bond acceptors (Lipinski definition) is 3. The highest BCUT2D eigenvalue weighted by atomic mass is 16.5. The van der Waals surface area contributed by atoms with Crippen molar-refractivity contribution in [2.24, 2.45) is 16.5 Å². The SMILES string of the molecule is C=CCc1cc(CN=C(N)N)cc(OC)c1OC. The highest BCUT2D eigenvalue weighted by Gasteiger charge is 2.11. The van der Waals surface area contributed by atoms with Crippen molar-refractivity contribution in [1.82, 2.24) is 0 Å². The number of benzene rings is 1. The second-order valence-corrected chi connectivity index (χ2v) is 3.72. The summed E-state index contributed by atoms with van der Waals surface area (Å²) in [4.78, 5) is 3.98. The van der Waals surface area contributed by atoms with Gasteiger partial charge in [0.1, 0.15) is 0 Å². The van der Waals surface area contributed by atoms with Gasteiger partial charge in [0.2, 0.25) is 0 Å². The maximum absolute atomic E-state index is 5.34. The Balaban J connectivity index is 3.17. The molecule has 5 heteroatoms. The van der Waals surface area contributed by atoms with Crippen LogP contribution >= 0.6 is 0 Å². The molecule has 4 N–H and O–H groups in total. The molecule has 98 valence electrons. The molecule has 0 aromatic heterocycles. The molecule has 1 rings (SSSR count). The molecule has 0 spiro atoms. The Kier molecular flexibility index (Phi) is 5.05. The summed E-state index contributed by atoms with van der Waals surface area (Å²) in [6.07, 6.45) is 2.50. The van der Waals surface area contributed by atoms with Crippen LogP contribution in [0.15, 0.2) is 29.8 Å². The van der Waals surface area contributed by atoms with Crippen LogP contribution < -0.4 is 20.9 Å². The highest BCUT2D eigenvalue weighted by Crippen LogP contribution is 2.33. The average molecular weight is 249 g/mol. The van der Waals surface area contributed by atoms with Crippen molar-refractivity contribution in [1.29, 1.82) is 0 Å². The fourth-order valence-electron chi connectivity index (χ4n) is 1.69. The zero-order valence-corrected chi connectivity index (χ0v) is 10.8. The van der Waals surface area contributed by atoms with Crippen molar-refractivity contribution in [2.45, 2.75) is 13.0 Å². The molecule has 1 aromatic rings. The van der Waals surface area contributed by atoms with Gasteiger partial charge in [-0.05, 0) is 24.1 Å². The molecule has 18 heavy (non-hydrogen) atoms. The number of hydrogen-bond donors (Lipinski definition) is 2. The standard InChI is InChI=1S/C13H19N3O2/c1-4-5-10-6-9(8-16-13(14)15)7-11(17-2)12(10)18-3/h4,6-7H,1,5,8H2,2-3H3,(H4,14,15,16). The maximum Gasteiger partial charge on any atom is 0.186 e. The lowest BCUT2D eigenvalue weighted by molar-refractivity contribution is 0.352. The molecule has 0 amide bonds. The van der Waals surface area contributed by atoms with Crippen LogP contribution in [0.5, 0.6) is 11.5 Å². The number of nitrogens with two attached hydrogens (primary N) is 2. The van der Waals surface area contributed by atoms with Crippen molar-refractivity contribution in [3.63, 3.8) is 0 Å². The van der Waals surface area contributed by atoms with Crippen LogP contribution in [0.3, 0.4) is 0 Å². The van der Waals surface area contributed by atoms with Crippen molar-refractivity contribution >= 4 is 5.96 Å². The summed E-state index contributed by atoms with van der Waals surface area (Å²) < 4.78 is 10.6. The van der Waals surface area contributed by atoms with Gasteiger partial charge in [-0.15, -0.1) is 6.58 Å². The summed E-state index contributed by atoms with van der Waals surface area (Å²) in [5.41, 5.74) is 12.6. The van der Waals surface area contributed by atoms with Crippen molar-refractivity contribution in [3.05, 3.63) is 35.9 Å². The third kappa shape index (κ3) is 3.41. The van der Waals surface area contributed by atoms with Gasteiger partial charge in [-0.25, -0.2) is 4.99 Å². The van der Waals surface area contributed by atoms with Crippen LogP contribution in [0, 0.1) is 0 Å². The largest absolute Gasteiger partial charge is 0.493 e. The van der Waals surface area contributed by atoms with E-state index in [1.807, 2.05) is 18.2 Å². The van der Waals surface area contributed by atoms with Gasteiger partial charge in [-0.2, -0.15) is 0 Å². The molecule has 0 radical (unpaired) electrons. The molecule has 1 aromatic carbocycles. The van der Waals surface area contributed by atoms with E-state index in [0.29, 0.717) is 24.5 Å². The molecule has 5 nitrogen and oxygen atoms in total. The lowest BCUT2D eigenvalue weighted by Crippen LogP contribution is -2.22. The molecule has 0 saturated heterocycles. The molecular weight excluding hydrogens is 230 g/mol. The first-order valence-electron chi connectivity index (χ1n) is 5.52. The number of methoxy groups -OCH3 is 2. The van der Waals surface area contributed by atoms with Gasteiger partial charge in [0.25, 0.3) is 0 Å². The van der Waals surface area contributed by atoms with Gasteiger partial charge in [-0.1, -0.05) is 6.08 Å². The first kappa shape index (κ1) is 13.9. The van der Waals surface area contributed by atoms with Gasteiger partial charge >= 0.3 is 0 Å².